The molecular formula is C12H17N5. The molecule has 0 saturated carbocycles. The fraction of sp³-hybridized carbons (Fsp3) is 0.333. The minimum absolute atomic E-state index is 0.688. The molecule has 0 aliphatic heterocycles. The van der Waals surface area contributed by atoms with Crippen molar-refractivity contribution < 1.29 is 0 Å². The molecule has 0 unspecified atom stereocenters. The van der Waals surface area contributed by atoms with Gasteiger partial charge in [-0.05, 0) is 18.9 Å². The van der Waals surface area contributed by atoms with Crippen LogP contribution in [0, 0.1) is 0 Å². The van der Waals surface area contributed by atoms with E-state index in [2.05, 4.69) is 19.9 Å². The topological polar surface area (TPSA) is 68.8 Å². The maximum absolute atomic E-state index is 5.64. The van der Waals surface area contributed by atoms with E-state index in [1.54, 1.807) is 18.6 Å². The summed E-state index contributed by atoms with van der Waals surface area (Å²) in [7, 11) is 0. The first-order chi connectivity index (χ1) is 8.34. The number of pyridine rings is 1. The fourth-order valence-electron chi connectivity index (χ4n) is 1.63. The van der Waals surface area contributed by atoms with Crippen molar-refractivity contribution in [2.45, 2.75) is 19.4 Å². The van der Waals surface area contributed by atoms with E-state index < -0.39 is 0 Å². The Labute approximate surface area is 101 Å². The first-order valence-corrected chi connectivity index (χ1v) is 5.75. The molecule has 0 aromatic carbocycles. The number of hydrogen-bond donors (Lipinski definition) is 2. The summed E-state index contributed by atoms with van der Waals surface area (Å²) in [5.74, 6) is 0. The van der Waals surface area contributed by atoms with Gasteiger partial charge in [-0.15, -0.1) is 0 Å². The van der Waals surface area contributed by atoms with Gasteiger partial charge in [-0.3, -0.25) is 4.98 Å². The average Bonchev–Trinajstić information content (AvgIpc) is 2.82. The van der Waals surface area contributed by atoms with E-state index in [1.165, 1.54) is 0 Å². The first kappa shape index (κ1) is 11.4. The SMILES string of the molecule is Nc1cncc(NCCCCn2ccnc2)c1. The zero-order valence-corrected chi connectivity index (χ0v) is 9.71. The van der Waals surface area contributed by atoms with Crippen LogP contribution in [-0.2, 0) is 6.54 Å². The van der Waals surface area contributed by atoms with Crippen LogP contribution in [0.1, 0.15) is 12.8 Å². The van der Waals surface area contributed by atoms with Crippen molar-refractivity contribution in [1.29, 1.82) is 0 Å². The Morgan fingerprint density at radius 3 is 2.94 bits per heavy atom. The van der Waals surface area contributed by atoms with Crippen molar-refractivity contribution in [2.24, 2.45) is 0 Å². The minimum atomic E-state index is 0.688. The Morgan fingerprint density at radius 1 is 1.24 bits per heavy atom. The lowest BCUT2D eigenvalue weighted by Gasteiger charge is -2.06. The molecule has 3 N–H and O–H groups in total. The largest absolute Gasteiger partial charge is 0.397 e. The highest BCUT2D eigenvalue weighted by molar-refractivity contribution is 5.51. The molecular weight excluding hydrogens is 214 g/mol. The summed E-state index contributed by atoms with van der Waals surface area (Å²) in [6.45, 7) is 1.94. The molecule has 0 amide bonds. The molecule has 2 rings (SSSR count). The number of anilines is 2. The van der Waals surface area contributed by atoms with Crippen molar-refractivity contribution >= 4 is 11.4 Å². The first-order valence-electron chi connectivity index (χ1n) is 5.75. The van der Waals surface area contributed by atoms with Gasteiger partial charge >= 0.3 is 0 Å². The second-order valence-electron chi connectivity index (χ2n) is 3.94. The van der Waals surface area contributed by atoms with Gasteiger partial charge in [-0.25, -0.2) is 4.98 Å². The van der Waals surface area contributed by atoms with E-state index in [1.807, 2.05) is 18.6 Å². The summed E-state index contributed by atoms with van der Waals surface area (Å²) >= 11 is 0. The molecule has 2 heterocycles. The Kier molecular flexibility index (Phi) is 3.96. The maximum Gasteiger partial charge on any atom is 0.0945 e. The smallest absolute Gasteiger partial charge is 0.0945 e. The van der Waals surface area contributed by atoms with E-state index in [4.69, 9.17) is 5.73 Å². The predicted octanol–water partition coefficient (Wildman–Crippen LogP) is 1.75. The molecule has 0 fully saturated rings. The highest BCUT2D eigenvalue weighted by atomic mass is 15.0. The monoisotopic (exact) mass is 231 g/mol. The lowest BCUT2D eigenvalue weighted by Crippen LogP contribution is -2.04. The van der Waals surface area contributed by atoms with Gasteiger partial charge in [0.2, 0.25) is 0 Å². The van der Waals surface area contributed by atoms with Crippen LogP contribution in [0.15, 0.2) is 37.2 Å². The van der Waals surface area contributed by atoms with Crippen molar-refractivity contribution in [3.8, 4) is 0 Å². The highest BCUT2D eigenvalue weighted by Crippen LogP contribution is 2.09. The lowest BCUT2D eigenvalue weighted by molar-refractivity contribution is 0.621. The van der Waals surface area contributed by atoms with Crippen LogP contribution in [0.5, 0.6) is 0 Å². The molecule has 17 heavy (non-hydrogen) atoms. The second-order valence-corrected chi connectivity index (χ2v) is 3.94. The summed E-state index contributed by atoms with van der Waals surface area (Å²) in [5, 5.41) is 3.30. The second kappa shape index (κ2) is 5.89. The summed E-state index contributed by atoms with van der Waals surface area (Å²) in [6, 6.07) is 1.89. The molecule has 5 heteroatoms. The highest BCUT2D eigenvalue weighted by Gasteiger charge is 1.94. The molecule has 2 aromatic rings. The minimum Gasteiger partial charge on any atom is -0.397 e. The van der Waals surface area contributed by atoms with E-state index >= 15 is 0 Å². The third-order valence-electron chi connectivity index (χ3n) is 2.49. The standard InChI is InChI=1S/C12H17N5/c13-11-7-12(9-15-8-11)16-3-1-2-5-17-6-4-14-10-17/h4,6-10,16H,1-3,5,13H2. The molecule has 0 aliphatic rings. The number of imidazole rings is 1. The predicted molar refractivity (Wildman–Crippen MR) is 68.6 cm³/mol. The molecule has 90 valence electrons. The third-order valence-corrected chi connectivity index (χ3v) is 2.49. The Hall–Kier alpha value is -2.04. The normalized spacial score (nSPS) is 10.4. The summed E-state index contributed by atoms with van der Waals surface area (Å²) in [6.07, 6.45) is 11.3. The van der Waals surface area contributed by atoms with Crippen LogP contribution in [0.4, 0.5) is 11.4 Å². The van der Waals surface area contributed by atoms with Crippen molar-refractivity contribution in [3.63, 3.8) is 0 Å². The quantitative estimate of drug-likeness (QED) is 0.743. The fourth-order valence-corrected chi connectivity index (χ4v) is 1.63. The molecule has 2 aromatic heterocycles. The van der Waals surface area contributed by atoms with Crippen molar-refractivity contribution in [2.75, 3.05) is 17.6 Å². The molecule has 0 aliphatic carbocycles. The maximum atomic E-state index is 5.64. The number of nitrogens with one attached hydrogen (secondary N) is 1. The number of nitrogen functional groups attached to an aromatic ring is 1. The molecule has 0 bridgehead atoms. The van der Waals surface area contributed by atoms with Gasteiger partial charge in [0.25, 0.3) is 0 Å². The summed E-state index contributed by atoms with van der Waals surface area (Å²) in [5.41, 5.74) is 7.31. The number of unbranched alkanes of at least 4 members (excludes halogenated alkanes) is 1. The van der Waals surface area contributed by atoms with E-state index in [-0.39, 0.29) is 0 Å². The van der Waals surface area contributed by atoms with Crippen molar-refractivity contribution in [1.82, 2.24) is 14.5 Å². The Bertz CT molecular complexity index is 438. The van der Waals surface area contributed by atoms with E-state index in [0.29, 0.717) is 5.69 Å². The lowest BCUT2D eigenvalue weighted by atomic mass is 10.3. The Morgan fingerprint density at radius 2 is 2.18 bits per heavy atom. The van der Waals surface area contributed by atoms with Crippen LogP contribution in [0.2, 0.25) is 0 Å². The van der Waals surface area contributed by atoms with Crippen LogP contribution >= 0.6 is 0 Å². The van der Waals surface area contributed by atoms with Gasteiger partial charge < -0.3 is 15.6 Å². The Balaban J connectivity index is 1.63. The third kappa shape index (κ3) is 3.79. The average molecular weight is 231 g/mol. The molecule has 0 saturated heterocycles. The number of nitrogens with two attached hydrogens (primary N) is 1. The zero-order chi connectivity index (χ0) is 11.9. The van der Waals surface area contributed by atoms with Gasteiger partial charge in [-0.1, -0.05) is 0 Å². The van der Waals surface area contributed by atoms with Gasteiger partial charge in [-0.2, -0.15) is 0 Å². The van der Waals surface area contributed by atoms with Gasteiger partial charge in [0.15, 0.2) is 0 Å². The zero-order valence-electron chi connectivity index (χ0n) is 9.71. The number of hydrogen-bond acceptors (Lipinski definition) is 4. The summed E-state index contributed by atoms with van der Waals surface area (Å²) in [4.78, 5) is 8.03. The number of nitrogens with zero attached hydrogens (tertiary/aromatic N) is 3. The van der Waals surface area contributed by atoms with Crippen molar-refractivity contribution in [3.05, 3.63) is 37.2 Å². The summed E-state index contributed by atoms with van der Waals surface area (Å²) < 4.78 is 2.09. The van der Waals surface area contributed by atoms with Crippen LogP contribution in [-0.4, -0.2) is 21.1 Å². The molecule has 0 atom stereocenters. The number of aromatic nitrogens is 3. The number of rotatable bonds is 6. The van der Waals surface area contributed by atoms with Gasteiger partial charge in [0.1, 0.15) is 0 Å². The van der Waals surface area contributed by atoms with Crippen LogP contribution in [0.25, 0.3) is 0 Å². The number of aryl methyl sites for hydroxylation is 1. The van der Waals surface area contributed by atoms with Gasteiger partial charge in [0, 0.05) is 31.7 Å². The van der Waals surface area contributed by atoms with Crippen LogP contribution < -0.4 is 11.1 Å². The van der Waals surface area contributed by atoms with Crippen LogP contribution in [0.3, 0.4) is 0 Å². The molecule has 0 spiro atoms. The van der Waals surface area contributed by atoms with E-state index in [9.17, 15) is 0 Å². The van der Waals surface area contributed by atoms with E-state index in [0.717, 1.165) is 31.6 Å². The molecule has 0 radical (unpaired) electrons. The molecule has 5 nitrogen and oxygen atoms in total. The van der Waals surface area contributed by atoms with Gasteiger partial charge in [0.05, 0.1) is 23.9 Å².